The van der Waals surface area contributed by atoms with Crippen molar-refractivity contribution in [1.82, 2.24) is 15.0 Å². The van der Waals surface area contributed by atoms with E-state index in [1.165, 1.54) is 0 Å². The number of rotatable bonds is 4. The van der Waals surface area contributed by atoms with Crippen molar-refractivity contribution in [3.63, 3.8) is 0 Å². The monoisotopic (exact) mass is 225 g/mol. The molecule has 0 fully saturated rings. The van der Waals surface area contributed by atoms with Crippen LogP contribution in [0.15, 0.2) is 6.20 Å². The molecule has 0 spiro atoms. The molecule has 4 heteroatoms. The van der Waals surface area contributed by atoms with E-state index in [0.717, 1.165) is 18.5 Å². The largest absolute Gasteiger partial charge is 0.387 e. The summed E-state index contributed by atoms with van der Waals surface area (Å²) in [6.45, 7) is 8.85. The fourth-order valence-corrected chi connectivity index (χ4v) is 2.23. The minimum Gasteiger partial charge on any atom is -0.387 e. The zero-order chi connectivity index (χ0) is 12.3. The van der Waals surface area contributed by atoms with Gasteiger partial charge in [0.25, 0.3) is 0 Å². The van der Waals surface area contributed by atoms with Gasteiger partial charge in [0.05, 0.1) is 18.0 Å². The van der Waals surface area contributed by atoms with Crippen LogP contribution in [0.2, 0.25) is 0 Å². The summed E-state index contributed by atoms with van der Waals surface area (Å²) in [5.74, 6) is 0.491. The molecule has 1 aromatic heterocycles. The van der Waals surface area contributed by atoms with Crippen molar-refractivity contribution in [2.75, 3.05) is 0 Å². The summed E-state index contributed by atoms with van der Waals surface area (Å²) in [6, 6.07) is 0. The van der Waals surface area contributed by atoms with Gasteiger partial charge in [0.15, 0.2) is 0 Å². The first-order valence-electron chi connectivity index (χ1n) is 5.82. The molecular formula is C12H23N3O. The third kappa shape index (κ3) is 3.93. The Balaban J connectivity index is 2.52. The van der Waals surface area contributed by atoms with Gasteiger partial charge in [-0.3, -0.25) is 0 Å². The Labute approximate surface area is 97.7 Å². The number of aromatic nitrogens is 3. The smallest absolute Gasteiger partial charge is 0.0975 e. The molecule has 2 unspecified atom stereocenters. The highest BCUT2D eigenvalue weighted by atomic mass is 16.3. The van der Waals surface area contributed by atoms with Crippen LogP contribution < -0.4 is 0 Å². The molecule has 0 amide bonds. The molecule has 0 radical (unpaired) electrons. The molecule has 0 aliphatic heterocycles. The van der Waals surface area contributed by atoms with E-state index in [1.807, 2.05) is 0 Å². The van der Waals surface area contributed by atoms with Crippen molar-refractivity contribution in [3.05, 3.63) is 11.9 Å². The fourth-order valence-electron chi connectivity index (χ4n) is 2.23. The van der Waals surface area contributed by atoms with Crippen molar-refractivity contribution in [2.45, 2.75) is 46.6 Å². The lowest BCUT2D eigenvalue weighted by atomic mass is 9.83. The van der Waals surface area contributed by atoms with Gasteiger partial charge in [-0.2, -0.15) is 0 Å². The van der Waals surface area contributed by atoms with Gasteiger partial charge in [0, 0.05) is 7.05 Å². The molecule has 92 valence electrons. The van der Waals surface area contributed by atoms with Crippen LogP contribution >= 0.6 is 0 Å². The van der Waals surface area contributed by atoms with Crippen LogP contribution in [0.25, 0.3) is 0 Å². The number of aryl methyl sites for hydroxylation is 1. The summed E-state index contributed by atoms with van der Waals surface area (Å²) in [5, 5.41) is 17.7. The highest BCUT2D eigenvalue weighted by Crippen LogP contribution is 2.29. The number of aliphatic hydroxyl groups is 1. The first-order valence-corrected chi connectivity index (χ1v) is 5.82. The van der Waals surface area contributed by atoms with E-state index in [9.17, 15) is 5.11 Å². The molecule has 0 saturated heterocycles. The van der Waals surface area contributed by atoms with Crippen LogP contribution in [0.4, 0.5) is 0 Å². The first-order chi connectivity index (χ1) is 7.29. The van der Waals surface area contributed by atoms with Crippen molar-refractivity contribution >= 4 is 0 Å². The Kier molecular flexibility index (Phi) is 4.08. The van der Waals surface area contributed by atoms with E-state index in [1.54, 1.807) is 17.9 Å². The van der Waals surface area contributed by atoms with Crippen LogP contribution in [0.1, 0.15) is 52.3 Å². The van der Waals surface area contributed by atoms with Crippen molar-refractivity contribution < 1.29 is 5.11 Å². The minimum atomic E-state index is -0.461. The van der Waals surface area contributed by atoms with E-state index >= 15 is 0 Å². The molecule has 1 heterocycles. The number of hydrogen-bond donors (Lipinski definition) is 1. The summed E-state index contributed by atoms with van der Waals surface area (Å²) in [7, 11) is 1.81. The summed E-state index contributed by atoms with van der Waals surface area (Å²) < 4.78 is 1.63. The lowest BCUT2D eigenvalue weighted by Gasteiger charge is -2.24. The maximum Gasteiger partial charge on any atom is 0.0975 e. The molecule has 0 aromatic carbocycles. The number of aliphatic hydroxyl groups excluding tert-OH is 1. The lowest BCUT2D eigenvalue weighted by molar-refractivity contribution is 0.126. The van der Waals surface area contributed by atoms with Crippen molar-refractivity contribution in [1.29, 1.82) is 0 Å². The van der Waals surface area contributed by atoms with Gasteiger partial charge >= 0.3 is 0 Å². The SMILES string of the molecule is CC(CC(O)c1cnnn1C)CC(C)(C)C. The summed E-state index contributed by atoms with van der Waals surface area (Å²) in [5.41, 5.74) is 1.10. The maximum absolute atomic E-state index is 10.1. The Morgan fingerprint density at radius 1 is 1.44 bits per heavy atom. The molecule has 0 bridgehead atoms. The molecule has 0 saturated carbocycles. The molecule has 0 aliphatic carbocycles. The quantitative estimate of drug-likeness (QED) is 0.855. The second-order valence-corrected chi connectivity index (χ2v) is 5.90. The molecule has 1 N–H and O–H groups in total. The van der Waals surface area contributed by atoms with E-state index < -0.39 is 6.10 Å². The normalized spacial score (nSPS) is 16.1. The van der Waals surface area contributed by atoms with Gasteiger partial charge in [-0.05, 0) is 24.2 Å². The van der Waals surface area contributed by atoms with Gasteiger partial charge in [0.1, 0.15) is 0 Å². The molecule has 4 nitrogen and oxygen atoms in total. The Bertz CT molecular complexity index is 327. The zero-order valence-corrected chi connectivity index (χ0v) is 10.9. The maximum atomic E-state index is 10.1. The van der Waals surface area contributed by atoms with E-state index in [-0.39, 0.29) is 0 Å². The molecular weight excluding hydrogens is 202 g/mol. The van der Waals surface area contributed by atoms with E-state index in [2.05, 4.69) is 38.0 Å². The average molecular weight is 225 g/mol. The van der Waals surface area contributed by atoms with Gasteiger partial charge in [-0.1, -0.05) is 32.9 Å². The summed E-state index contributed by atoms with van der Waals surface area (Å²) >= 11 is 0. The average Bonchev–Trinajstić information content (AvgIpc) is 2.47. The third-order valence-corrected chi connectivity index (χ3v) is 2.68. The predicted octanol–water partition coefficient (Wildman–Crippen LogP) is 2.31. The molecule has 1 rings (SSSR count). The van der Waals surface area contributed by atoms with E-state index in [4.69, 9.17) is 0 Å². The van der Waals surface area contributed by atoms with Crippen LogP contribution in [0.5, 0.6) is 0 Å². The highest BCUT2D eigenvalue weighted by Gasteiger charge is 2.20. The van der Waals surface area contributed by atoms with Crippen LogP contribution in [0.3, 0.4) is 0 Å². The van der Waals surface area contributed by atoms with E-state index in [0.29, 0.717) is 11.3 Å². The van der Waals surface area contributed by atoms with Gasteiger partial charge < -0.3 is 5.11 Å². The van der Waals surface area contributed by atoms with Crippen molar-refractivity contribution in [2.24, 2.45) is 18.4 Å². The van der Waals surface area contributed by atoms with Crippen LogP contribution in [-0.2, 0) is 7.05 Å². The van der Waals surface area contributed by atoms with Gasteiger partial charge in [-0.15, -0.1) is 5.10 Å². The first kappa shape index (κ1) is 13.2. The van der Waals surface area contributed by atoms with Gasteiger partial charge in [0.2, 0.25) is 0 Å². The predicted molar refractivity (Wildman–Crippen MR) is 63.8 cm³/mol. The minimum absolute atomic E-state index is 0.309. The third-order valence-electron chi connectivity index (χ3n) is 2.68. The number of nitrogens with zero attached hydrogens (tertiary/aromatic N) is 3. The molecule has 0 aliphatic rings. The Morgan fingerprint density at radius 3 is 2.50 bits per heavy atom. The summed E-state index contributed by atoms with van der Waals surface area (Å²) in [4.78, 5) is 0. The number of hydrogen-bond acceptors (Lipinski definition) is 3. The molecule has 1 aromatic rings. The van der Waals surface area contributed by atoms with Gasteiger partial charge in [-0.25, -0.2) is 4.68 Å². The Hall–Kier alpha value is -0.900. The second kappa shape index (κ2) is 4.95. The van der Waals surface area contributed by atoms with Crippen molar-refractivity contribution in [3.8, 4) is 0 Å². The standard InChI is InChI=1S/C12H23N3O/c1-9(7-12(2,3)4)6-11(16)10-8-13-14-15(10)5/h8-9,11,16H,6-7H2,1-5H3. The highest BCUT2D eigenvalue weighted by molar-refractivity contribution is 4.98. The van der Waals surface area contributed by atoms with Crippen LogP contribution in [-0.4, -0.2) is 20.1 Å². The molecule has 16 heavy (non-hydrogen) atoms. The molecule has 2 atom stereocenters. The zero-order valence-electron chi connectivity index (χ0n) is 10.9. The topological polar surface area (TPSA) is 50.9 Å². The second-order valence-electron chi connectivity index (χ2n) is 5.90. The fraction of sp³-hybridized carbons (Fsp3) is 0.833. The van der Waals surface area contributed by atoms with Crippen LogP contribution in [0, 0.1) is 11.3 Å². The Morgan fingerprint density at radius 2 is 2.06 bits per heavy atom. The summed E-state index contributed by atoms with van der Waals surface area (Å²) in [6.07, 6.45) is 3.04. The lowest BCUT2D eigenvalue weighted by Crippen LogP contribution is -2.15.